The van der Waals surface area contributed by atoms with Gasteiger partial charge >= 0.3 is 0 Å². The van der Waals surface area contributed by atoms with Crippen LogP contribution >= 0.6 is 11.3 Å². The van der Waals surface area contributed by atoms with Gasteiger partial charge in [-0.15, -0.1) is 0 Å². The Morgan fingerprint density at radius 1 is 1.15 bits per heavy atom. The summed E-state index contributed by atoms with van der Waals surface area (Å²) in [5.41, 5.74) is 10.1. The molecule has 0 aliphatic carbocycles. The van der Waals surface area contributed by atoms with Crippen LogP contribution in [0.15, 0.2) is 42.5 Å². The molecule has 2 aromatic carbocycles. The normalized spacial score (nSPS) is 10.9. The summed E-state index contributed by atoms with van der Waals surface area (Å²) in [6, 6.07) is 14.4. The van der Waals surface area contributed by atoms with Gasteiger partial charge in [-0.05, 0) is 42.3 Å². The molecule has 0 aliphatic heterocycles. The zero-order valence-corrected chi connectivity index (χ0v) is 12.4. The van der Waals surface area contributed by atoms with E-state index >= 15 is 0 Å². The molecule has 3 rings (SSSR count). The Bertz CT molecular complexity index is 731. The minimum Gasteiger partial charge on any atom is -0.399 e. The molecule has 3 aromatic rings. The van der Waals surface area contributed by atoms with Crippen LogP contribution in [0.4, 0.5) is 16.5 Å². The number of hydrogen-bond acceptors (Lipinski definition) is 4. The minimum atomic E-state index is 0.780. The minimum absolute atomic E-state index is 0.780. The lowest BCUT2D eigenvalue weighted by Gasteiger charge is -2.15. The first-order chi connectivity index (χ1) is 9.67. The van der Waals surface area contributed by atoms with E-state index in [0.29, 0.717) is 0 Å². The van der Waals surface area contributed by atoms with Crippen LogP contribution < -0.4 is 10.6 Å². The van der Waals surface area contributed by atoms with Crippen LogP contribution in [-0.4, -0.2) is 12.0 Å². The summed E-state index contributed by atoms with van der Waals surface area (Å²) in [7, 11) is 2.04. The third-order valence-corrected chi connectivity index (χ3v) is 4.51. The van der Waals surface area contributed by atoms with Crippen molar-refractivity contribution in [1.29, 1.82) is 0 Å². The maximum atomic E-state index is 5.82. The molecule has 4 heteroatoms. The van der Waals surface area contributed by atoms with Gasteiger partial charge in [0.25, 0.3) is 0 Å². The largest absolute Gasteiger partial charge is 0.399 e. The Morgan fingerprint density at radius 3 is 2.60 bits per heavy atom. The first-order valence-corrected chi connectivity index (χ1v) is 7.48. The summed E-state index contributed by atoms with van der Waals surface area (Å²) < 4.78 is 1.12. The number of nitrogens with zero attached hydrogens (tertiary/aromatic N) is 2. The molecule has 0 unspecified atom stereocenters. The van der Waals surface area contributed by atoms with Gasteiger partial charge in [-0.25, -0.2) is 4.98 Å². The van der Waals surface area contributed by atoms with Crippen molar-refractivity contribution >= 4 is 38.1 Å². The van der Waals surface area contributed by atoms with Gasteiger partial charge in [0, 0.05) is 18.4 Å². The fourth-order valence-electron chi connectivity index (χ4n) is 2.14. The monoisotopic (exact) mass is 283 g/mol. The molecule has 0 amide bonds. The molecular weight excluding hydrogens is 266 g/mol. The first-order valence-electron chi connectivity index (χ1n) is 6.66. The molecule has 2 N–H and O–H groups in total. The molecule has 0 saturated carbocycles. The summed E-state index contributed by atoms with van der Waals surface area (Å²) in [5.74, 6) is 0. The molecule has 3 nitrogen and oxygen atoms in total. The van der Waals surface area contributed by atoms with Gasteiger partial charge in [-0.2, -0.15) is 0 Å². The van der Waals surface area contributed by atoms with Crippen molar-refractivity contribution in [2.45, 2.75) is 13.3 Å². The number of anilines is 3. The number of fused-ring (bicyclic) bond motifs is 1. The van der Waals surface area contributed by atoms with E-state index in [1.54, 1.807) is 11.3 Å². The number of rotatable bonds is 3. The van der Waals surface area contributed by atoms with Crippen molar-refractivity contribution in [3.8, 4) is 0 Å². The van der Waals surface area contributed by atoms with Crippen LogP contribution in [0, 0.1) is 0 Å². The Balaban J connectivity index is 1.96. The lowest BCUT2D eigenvalue weighted by atomic mass is 10.1. The number of nitrogen functional groups attached to an aromatic ring is 1. The highest BCUT2D eigenvalue weighted by molar-refractivity contribution is 7.22. The zero-order chi connectivity index (χ0) is 14.1. The number of aryl methyl sites for hydroxylation is 1. The van der Waals surface area contributed by atoms with Crippen LogP contribution in [0.1, 0.15) is 12.5 Å². The molecule has 102 valence electrons. The number of hydrogen-bond donors (Lipinski definition) is 1. The predicted molar refractivity (Wildman–Crippen MR) is 87.9 cm³/mol. The fourth-order valence-corrected chi connectivity index (χ4v) is 3.13. The van der Waals surface area contributed by atoms with Crippen molar-refractivity contribution in [1.82, 2.24) is 4.98 Å². The maximum absolute atomic E-state index is 5.82. The molecule has 0 radical (unpaired) electrons. The maximum Gasteiger partial charge on any atom is 0.190 e. The van der Waals surface area contributed by atoms with Crippen LogP contribution in [0.5, 0.6) is 0 Å². The van der Waals surface area contributed by atoms with Gasteiger partial charge in [0.2, 0.25) is 0 Å². The Morgan fingerprint density at radius 2 is 1.90 bits per heavy atom. The van der Waals surface area contributed by atoms with Crippen molar-refractivity contribution in [2.24, 2.45) is 0 Å². The topological polar surface area (TPSA) is 42.2 Å². The van der Waals surface area contributed by atoms with Gasteiger partial charge in [0.15, 0.2) is 5.13 Å². The standard InChI is InChI=1S/C16H17N3S/c1-3-11-4-7-13(8-5-11)19(2)16-18-14-9-6-12(17)10-15(14)20-16/h4-10H,3,17H2,1-2H3. The van der Waals surface area contributed by atoms with Crippen LogP contribution in [0.3, 0.4) is 0 Å². The van der Waals surface area contributed by atoms with Gasteiger partial charge in [-0.1, -0.05) is 30.4 Å². The second kappa shape index (κ2) is 5.13. The number of aromatic nitrogens is 1. The zero-order valence-electron chi connectivity index (χ0n) is 11.6. The van der Waals surface area contributed by atoms with Gasteiger partial charge < -0.3 is 10.6 Å². The second-order valence-electron chi connectivity index (χ2n) is 4.80. The summed E-state index contributed by atoms with van der Waals surface area (Å²) >= 11 is 1.66. The van der Waals surface area contributed by atoms with E-state index < -0.39 is 0 Å². The average Bonchev–Trinajstić information content (AvgIpc) is 2.89. The molecule has 0 spiro atoms. The summed E-state index contributed by atoms with van der Waals surface area (Å²) in [4.78, 5) is 6.77. The lowest BCUT2D eigenvalue weighted by Crippen LogP contribution is -2.08. The molecule has 0 aliphatic rings. The highest BCUT2D eigenvalue weighted by atomic mass is 32.1. The molecule has 0 saturated heterocycles. The summed E-state index contributed by atoms with van der Waals surface area (Å²) in [5, 5.41) is 0.981. The van der Waals surface area contributed by atoms with E-state index in [0.717, 1.165) is 33.1 Å². The molecule has 1 aromatic heterocycles. The number of nitrogens with two attached hydrogens (primary N) is 1. The van der Waals surface area contributed by atoms with Crippen molar-refractivity contribution < 1.29 is 0 Å². The average molecular weight is 283 g/mol. The van der Waals surface area contributed by atoms with Crippen LogP contribution in [0.25, 0.3) is 10.2 Å². The lowest BCUT2D eigenvalue weighted by molar-refractivity contribution is 1.13. The fraction of sp³-hybridized carbons (Fsp3) is 0.188. The molecule has 0 fully saturated rings. The summed E-state index contributed by atoms with van der Waals surface area (Å²) in [6.45, 7) is 2.16. The van der Waals surface area contributed by atoms with E-state index in [1.807, 2.05) is 25.2 Å². The first kappa shape index (κ1) is 12.9. The van der Waals surface area contributed by atoms with Crippen LogP contribution in [-0.2, 0) is 6.42 Å². The SMILES string of the molecule is CCc1ccc(N(C)c2nc3ccc(N)cc3s2)cc1. The van der Waals surface area contributed by atoms with Gasteiger partial charge in [0.05, 0.1) is 10.2 Å². The second-order valence-corrected chi connectivity index (χ2v) is 5.81. The Labute approximate surface area is 122 Å². The predicted octanol–water partition coefficient (Wildman–Crippen LogP) is 4.21. The van der Waals surface area contributed by atoms with E-state index in [-0.39, 0.29) is 0 Å². The van der Waals surface area contributed by atoms with E-state index in [9.17, 15) is 0 Å². The van der Waals surface area contributed by atoms with Crippen molar-refractivity contribution in [3.63, 3.8) is 0 Å². The highest BCUT2D eigenvalue weighted by Crippen LogP contribution is 2.33. The van der Waals surface area contributed by atoms with Crippen molar-refractivity contribution in [3.05, 3.63) is 48.0 Å². The molecule has 1 heterocycles. The number of benzene rings is 2. The van der Waals surface area contributed by atoms with Gasteiger partial charge in [-0.3, -0.25) is 0 Å². The summed E-state index contributed by atoms with van der Waals surface area (Å²) in [6.07, 6.45) is 1.06. The molecule has 0 atom stereocenters. The Hall–Kier alpha value is -2.07. The smallest absolute Gasteiger partial charge is 0.190 e. The van der Waals surface area contributed by atoms with Crippen LogP contribution in [0.2, 0.25) is 0 Å². The molecular formula is C16H17N3S. The van der Waals surface area contributed by atoms with E-state index in [1.165, 1.54) is 5.56 Å². The van der Waals surface area contributed by atoms with Crippen molar-refractivity contribution in [2.75, 3.05) is 17.7 Å². The third-order valence-electron chi connectivity index (χ3n) is 3.42. The highest BCUT2D eigenvalue weighted by Gasteiger charge is 2.10. The third kappa shape index (κ3) is 2.34. The Kier molecular flexibility index (Phi) is 3.32. The molecule has 0 bridgehead atoms. The molecule has 20 heavy (non-hydrogen) atoms. The number of thiazole rings is 1. The quantitative estimate of drug-likeness (QED) is 0.732. The van der Waals surface area contributed by atoms with Gasteiger partial charge in [0.1, 0.15) is 0 Å². The van der Waals surface area contributed by atoms with E-state index in [2.05, 4.69) is 41.1 Å². The van der Waals surface area contributed by atoms with E-state index in [4.69, 9.17) is 5.73 Å².